The van der Waals surface area contributed by atoms with E-state index in [1.54, 1.807) is 18.2 Å². The number of carboxylic acid groups (broad SMARTS) is 1. The van der Waals surface area contributed by atoms with Gasteiger partial charge >= 0.3 is 5.97 Å². The molecule has 2 aromatic rings. The number of carbonyl (C=O) groups is 1. The van der Waals surface area contributed by atoms with E-state index in [-0.39, 0.29) is 0 Å². The highest BCUT2D eigenvalue weighted by Gasteiger charge is 2.20. The van der Waals surface area contributed by atoms with Crippen LogP contribution in [0.1, 0.15) is 33.5 Å². The van der Waals surface area contributed by atoms with Crippen molar-refractivity contribution in [3.8, 4) is 0 Å². The van der Waals surface area contributed by atoms with Crippen LogP contribution in [0.25, 0.3) is 0 Å². The van der Waals surface area contributed by atoms with Gasteiger partial charge < -0.3 is 10.4 Å². The second-order valence-corrected chi connectivity index (χ2v) is 6.01. The Bertz CT molecular complexity index is 641. The zero-order valence-corrected chi connectivity index (χ0v) is 12.6. The minimum atomic E-state index is -0.870. The van der Waals surface area contributed by atoms with E-state index >= 15 is 0 Å². The third kappa shape index (κ3) is 3.55. The predicted molar refractivity (Wildman–Crippen MR) is 87.1 cm³/mol. The van der Waals surface area contributed by atoms with Crippen LogP contribution >= 0.6 is 0 Å². The molecular formula is C19H21NO2. The van der Waals surface area contributed by atoms with E-state index in [0.29, 0.717) is 5.56 Å². The summed E-state index contributed by atoms with van der Waals surface area (Å²) in [6.45, 7) is 1.69. The maximum absolute atomic E-state index is 10.9. The fourth-order valence-corrected chi connectivity index (χ4v) is 3.21. The largest absolute Gasteiger partial charge is 0.478 e. The summed E-state index contributed by atoms with van der Waals surface area (Å²) in [4.78, 5) is 10.9. The molecule has 2 N–H and O–H groups in total. The van der Waals surface area contributed by atoms with E-state index in [1.165, 1.54) is 24.0 Å². The molecule has 0 aliphatic heterocycles. The third-order valence-corrected chi connectivity index (χ3v) is 4.37. The predicted octanol–water partition coefficient (Wildman–Crippen LogP) is 3.28. The van der Waals surface area contributed by atoms with Crippen molar-refractivity contribution in [3.05, 3.63) is 70.8 Å². The first kappa shape index (κ1) is 14.8. The summed E-state index contributed by atoms with van der Waals surface area (Å²) < 4.78 is 0. The summed E-state index contributed by atoms with van der Waals surface area (Å²) in [5, 5.41) is 12.4. The maximum atomic E-state index is 10.9. The number of nitrogens with one attached hydrogen (secondary N) is 1. The number of carboxylic acids is 1. The van der Waals surface area contributed by atoms with Gasteiger partial charge in [-0.2, -0.15) is 0 Å². The summed E-state index contributed by atoms with van der Waals surface area (Å²) in [5.41, 5.74) is 4.38. The normalized spacial score (nSPS) is 14.0. The van der Waals surface area contributed by atoms with Crippen molar-refractivity contribution in [1.82, 2.24) is 5.32 Å². The van der Waals surface area contributed by atoms with Crippen molar-refractivity contribution in [2.45, 2.75) is 25.8 Å². The fraction of sp³-hybridized carbons (Fsp3) is 0.316. The van der Waals surface area contributed by atoms with Gasteiger partial charge in [0.25, 0.3) is 0 Å². The van der Waals surface area contributed by atoms with Crippen molar-refractivity contribution in [2.75, 3.05) is 6.54 Å². The van der Waals surface area contributed by atoms with Crippen LogP contribution in [-0.2, 0) is 19.4 Å². The summed E-state index contributed by atoms with van der Waals surface area (Å²) in [7, 11) is 0. The third-order valence-electron chi connectivity index (χ3n) is 4.37. The van der Waals surface area contributed by atoms with Crippen LogP contribution in [0.5, 0.6) is 0 Å². The molecule has 1 aliphatic carbocycles. The first-order valence-corrected chi connectivity index (χ1v) is 7.82. The van der Waals surface area contributed by atoms with Crippen LogP contribution in [0.2, 0.25) is 0 Å². The molecule has 0 saturated heterocycles. The second kappa shape index (κ2) is 6.75. The minimum absolute atomic E-state index is 0.352. The topological polar surface area (TPSA) is 49.3 Å². The molecule has 114 valence electrons. The van der Waals surface area contributed by atoms with Gasteiger partial charge in [-0.3, -0.25) is 0 Å². The number of rotatable bonds is 6. The minimum Gasteiger partial charge on any atom is -0.478 e. The molecule has 3 nitrogen and oxygen atoms in total. The lowest BCUT2D eigenvalue weighted by Gasteiger charge is -2.10. The zero-order chi connectivity index (χ0) is 15.4. The highest BCUT2D eigenvalue weighted by atomic mass is 16.4. The van der Waals surface area contributed by atoms with Gasteiger partial charge in [-0.25, -0.2) is 4.79 Å². The summed E-state index contributed by atoms with van der Waals surface area (Å²) in [6.07, 6.45) is 3.53. The smallest absolute Gasteiger partial charge is 0.335 e. The Balaban J connectivity index is 1.43. The van der Waals surface area contributed by atoms with Gasteiger partial charge in [0.15, 0.2) is 0 Å². The van der Waals surface area contributed by atoms with Crippen LogP contribution in [0.3, 0.4) is 0 Å². The summed E-state index contributed by atoms with van der Waals surface area (Å²) in [6, 6.07) is 15.8. The number of hydrogen-bond acceptors (Lipinski definition) is 2. The quantitative estimate of drug-likeness (QED) is 0.804. The molecule has 3 rings (SSSR count). The molecule has 0 amide bonds. The van der Waals surface area contributed by atoms with E-state index in [9.17, 15) is 4.79 Å². The Hall–Kier alpha value is -2.13. The molecule has 0 fully saturated rings. The molecule has 0 aromatic heterocycles. The molecule has 0 heterocycles. The molecule has 1 aliphatic rings. The van der Waals surface area contributed by atoms with Crippen LogP contribution in [-0.4, -0.2) is 17.6 Å². The molecule has 0 bridgehead atoms. The first-order valence-electron chi connectivity index (χ1n) is 7.82. The molecule has 2 aromatic carbocycles. The average molecular weight is 295 g/mol. The lowest BCUT2D eigenvalue weighted by atomic mass is 10.0. The maximum Gasteiger partial charge on any atom is 0.335 e. The van der Waals surface area contributed by atoms with E-state index in [0.717, 1.165) is 31.0 Å². The Morgan fingerprint density at radius 3 is 2.50 bits per heavy atom. The fourth-order valence-electron chi connectivity index (χ4n) is 3.21. The van der Waals surface area contributed by atoms with Gasteiger partial charge in [0.2, 0.25) is 0 Å². The zero-order valence-electron chi connectivity index (χ0n) is 12.6. The molecule has 0 spiro atoms. The number of aromatic carboxylic acids is 1. The molecule has 0 radical (unpaired) electrons. The van der Waals surface area contributed by atoms with Crippen molar-refractivity contribution < 1.29 is 9.90 Å². The summed E-state index contributed by atoms with van der Waals surface area (Å²) >= 11 is 0. The van der Waals surface area contributed by atoms with Crippen LogP contribution in [0.15, 0.2) is 48.5 Å². The van der Waals surface area contributed by atoms with E-state index in [1.807, 2.05) is 6.07 Å². The molecule has 3 heteroatoms. The number of hydrogen-bond donors (Lipinski definition) is 2. The van der Waals surface area contributed by atoms with Gasteiger partial charge in [0.1, 0.15) is 0 Å². The van der Waals surface area contributed by atoms with Crippen molar-refractivity contribution in [1.29, 1.82) is 0 Å². The Kier molecular flexibility index (Phi) is 4.54. The van der Waals surface area contributed by atoms with Gasteiger partial charge in [-0.05, 0) is 60.5 Å². The number of fused-ring (bicyclic) bond motifs is 1. The molecule has 0 atom stereocenters. The van der Waals surface area contributed by atoms with Crippen molar-refractivity contribution in [3.63, 3.8) is 0 Å². The molecule has 0 unspecified atom stereocenters. The van der Waals surface area contributed by atoms with Gasteiger partial charge in [0.05, 0.1) is 5.56 Å². The SMILES string of the molecule is O=C(O)c1cccc(CNCCC2Cc3ccccc3C2)c1. The second-order valence-electron chi connectivity index (χ2n) is 6.01. The number of benzene rings is 2. The highest BCUT2D eigenvalue weighted by molar-refractivity contribution is 5.87. The highest BCUT2D eigenvalue weighted by Crippen LogP contribution is 2.28. The summed E-state index contributed by atoms with van der Waals surface area (Å²) in [5.74, 6) is -0.138. The van der Waals surface area contributed by atoms with Gasteiger partial charge in [-0.1, -0.05) is 36.4 Å². The van der Waals surface area contributed by atoms with Crippen molar-refractivity contribution in [2.24, 2.45) is 5.92 Å². The monoisotopic (exact) mass is 295 g/mol. The average Bonchev–Trinajstić information content (AvgIpc) is 2.94. The van der Waals surface area contributed by atoms with Crippen LogP contribution in [0, 0.1) is 5.92 Å². The van der Waals surface area contributed by atoms with Crippen molar-refractivity contribution >= 4 is 5.97 Å². The van der Waals surface area contributed by atoms with Gasteiger partial charge in [0, 0.05) is 6.54 Å². The molecule has 22 heavy (non-hydrogen) atoms. The van der Waals surface area contributed by atoms with Gasteiger partial charge in [-0.15, -0.1) is 0 Å². The molecular weight excluding hydrogens is 274 g/mol. The first-order chi connectivity index (χ1) is 10.7. The van der Waals surface area contributed by atoms with E-state index in [4.69, 9.17) is 5.11 Å². The Morgan fingerprint density at radius 2 is 1.82 bits per heavy atom. The molecule has 0 saturated carbocycles. The Morgan fingerprint density at radius 1 is 1.09 bits per heavy atom. The lowest BCUT2D eigenvalue weighted by molar-refractivity contribution is 0.0696. The van der Waals surface area contributed by atoms with Crippen LogP contribution in [0.4, 0.5) is 0 Å². The lowest BCUT2D eigenvalue weighted by Crippen LogP contribution is -2.18. The standard InChI is InChI=1S/C19H21NO2/c21-19(22)18-7-3-4-15(12-18)13-20-9-8-14-10-16-5-1-2-6-17(16)11-14/h1-7,12,14,20H,8-11,13H2,(H,21,22). The van der Waals surface area contributed by atoms with E-state index < -0.39 is 5.97 Å². The van der Waals surface area contributed by atoms with Crippen LogP contribution < -0.4 is 5.32 Å². The Labute approximate surface area is 131 Å². The van der Waals surface area contributed by atoms with E-state index in [2.05, 4.69) is 29.6 Å².